The molecule has 0 saturated heterocycles. The van der Waals surface area contributed by atoms with Crippen molar-refractivity contribution in [3.63, 3.8) is 0 Å². The molecule has 0 fully saturated rings. The minimum Gasteiger partial charge on any atom is -0.360 e. The van der Waals surface area contributed by atoms with E-state index in [4.69, 9.17) is 4.74 Å². The van der Waals surface area contributed by atoms with E-state index < -0.39 is 13.9 Å². The number of halogens is 1. The number of ketones is 1. The van der Waals surface area contributed by atoms with Crippen LogP contribution in [0, 0.1) is 5.82 Å². The van der Waals surface area contributed by atoms with Crippen LogP contribution in [-0.4, -0.2) is 35.2 Å². The third-order valence-electron chi connectivity index (χ3n) is 5.31. The number of nitrogens with zero attached hydrogens (tertiary/aromatic N) is 3. The number of hydrogen-bond donors (Lipinski definition) is 0. The number of allylic oxidation sites excluding steroid dienone is 1. The van der Waals surface area contributed by atoms with Crippen molar-refractivity contribution in [2.75, 3.05) is 6.61 Å². The molecule has 2 aromatic heterocycles. The molecule has 0 saturated carbocycles. The minimum absolute atomic E-state index is 0.0961. The lowest BCUT2D eigenvalue weighted by Crippen LogP contribution is -2.22. The molecule has 0 atom stereocenters. The van der Waals surface area contributed by atoms with Crippen LogP contribution in [0.15, 0.2) is 48.9 Å². The number of fused-ring (bicyclic) bond motifs is 1. The molecular formula is C24H26FN3O2Si. The van der Waals surface area contributed by atoms with Gasteiger partial charge in [0.1, 0.15) is 12.5 Å². The summed E-state index contributed by atoms with van der Waals surface area (Å²) in [6.45, 7) is 8.07. The van der Waals surface area contributed by atoms with E-state index in [1.54, 1.807) is 41.4 Å². The molecule has 0 radical (unpaired) electrons. The van der Waals surface area contributed by atoms with Crippen LogP contribution in [0.5, 0.6) is 0 Å². The highest BCUT2D eigenvalue weighted by atomic mass is 28.3. The monoisotopic (exact) mass is 435 g/mol. The van der Waals surface area contributed by atoms with Gasteiger partial charge < -0.3 is 4.74 Å². The highest BCUT2D eigenvalue weighted by Gasteiger charge is 2.24. The molecular weight excluding hydrogens is 409 g/mol. The fourth-order valence-electron chi connectivity index (χ4n) is 3.55. The fraction of sp³-hybridized carbons (Fsp3) is 0.292. The molecule has 5 nitrogen and oxygen atoms in total. The average molecular weight is 436 g/mol. The maximum atomic E-state index is 14.3. The fourth-order valence-corrected chi connectivity index (χ4v) is 4.31. The van der Waals surface area contributed by atoms with Crippen LogP contribution < -0.4 is 0 Å². The van der Waals surface area contributed by atoms with E-state index in [1.807, 2.05) is 12.3 Å². The summed E-state index contributed by atoms with van der Waals surface area (Å²) in [6.07, 6.45) is 7.32. The summed E-state index contributed by atoms with van der Waals surface area (Å²) >= 11 is 0. The van der Waals surface area contributed by atoms with Gasteiger partial charge in [0.2, 0.25) is 0 Å². The lowest BCUT2D eigenvalue weighted by atomic mass is 9.86. The zero-order valence-electron chi connectivity index (χ0n) is 18.1. The summed E-state index contributed by atoms with van der Waals surface area (Å²) in [4.78, 5) is 17.2. The van der Waals surface area contributed by atoms with Crippen molar-refractivity contribution < 1.29 is 13.9 Å². The zero-order valence-corrected chi connectivity index (χ0v) is 19.1. The first-order valence-corrected chi connectivity index (χ1v) is 14.1. The van der Waals surface area contributed by atoms with Gasteiger partial charge in [-0.2, -0.15) is 5.10 Å². The largest absolute Gasteiger partial charge is 0.360 e. The summed E-state index contributed by atoms with van der Waals surface area (Å²) < 4.78 is 21.9. The van der Waals surface area contributed by atoms with Crippen LogP contribution in [-0.2, 0) is 22.7 Å². The Morgan fingerprint density at radius 1 is 1.19 bits per heavy atom. The van der Waals surface area contributed by atoms with E-state index in [2.05, 4.69) is 29.7 Å². The SMILES string of the molecule is C[Si](C)(C)CCOCn1cc(-c2nccc3c2C=C(c2ccccc2F)C(=O)C3)cn1. The molecule has 7 heteroatoms. The second-order valence-electron chi connectivity index (χ2n) is 8.99. The Morgan fingerprint density at radius 2 is 2.00 bits per heavy atom. The third kappa shape index (κ3) is 4.89. The highest BCUT2D eigenvalue weighted by Crippen LogP contribution is 2.34. The quantitative estimate of drug-likeness (QED) is 0.384. The Morgan fingerprint density at radius 3 is 2.77 bits per heavy atom. The second-order valence-corrected chi connectivity index (χ2v) is 14.6. The number of hydrogen-bond acceptors (Lipinski definition) is 4. The van der Waals surface area contributed by atoms with E-state index in [1.165, 1.54) is 6.07 Å². The maximum absolute atomic E-state index is 14.3. The van der Waals surface area contributed by atoms with Gasteiger partial charge >= 0.3 is 0 Å². The number of benzene rings is 1. The number of rotatable bonds is 7. The zero-order chi connectivity index (χ0) is 22.0. The van der Waals surface area contributed by atoms with Crippen LogP contribution in [0.4, 0.5) is 4.39 Å². The van der Waals surface area contributed by atoms with Crippen molar-refractivity contribution in [3.8, 4) is 11.3 Å². The molecule has 1 aromatic carbocycles. The maximum Gasteiger partial charge on any atom is 0.167 e. The first-order valence-electron chi connectivity index (χ1n) is 10.4. The summed E-state index contributed by atoms with van der Waals surface area (Å²) in [5.74, 6) is -0.500. The van der Waals surface area contributed by atoms with E-state index in [0.29, 0.717) is 17.9 Å². The molecule has 0 aliphatic heterocycles. The number of carbonyl (C=O) groups excluding carboxylic acids is 1. The summed E-state index contributed by atoms with van der Waals surface area (Å²) in [6, 6.07) is 9.30. The van der Waals surface area contributed by atoms with Gasteiger partial charge in [0, 0.05) is 55.8 Å². The van der Waals surface area contributed by atoms with E-state index >= 15 is 0 Å². The average Bonchev–Trinajstić information content (AvgIpc) is 3.19. The molecule has 0 amide bonds. The predicted octanol–water partition coefficient (Wildman–Crippen LogP) is 5.06. The second kappa shape index (κ2) is 8.68. The van der Waals surface area contributed by atoms with Crippen molar-refractivity contribution in [2.24, 2.45) is 0 Å². The van der Waals surface area contributed by atoms with Crippen molar-refractivity contribution in [1.29, 1.82) is 0 Å². The first-order chi connectivity index (χ1) is 14.8. The lowest BCUT2D eigenvalue weighted by Gasteiger charge is -2.18. The van der Waals surface area contributed by atoms with Crippen molar-refractivity contribution >= 4 is 25.5 Å². The topological polar surface area (TPSA) is 57.0 Å². The van der Waals surface area contributed by atoms with Crippen molar-refractivity contribution in [2.45, 2.75) is 38.8 Å². The van der Waals surface area contributed by atoms with Gasteiger partial charge in [0.15, 0.2) is 5.78 Å². The van der Waals surface area contributed by atoms with E-state index in [9.17, 15) is 9.18 Å². The summed E-state index contributed by atoms with van der Waals surface area (Å²) in [5.41, 5.74) is 3.98. The van der Waals surface area contributed by atoms with Gasteiger partial charge in [-0.25, -0.2) is 9.07 Å². The normalized spacial score (nSPS) is 13.8. The number of pyridine rings is 1. The van der Waals surface area contributed by atoms with Crippen molar-refractivity contribution in [3.05, 3.63) is 71.4 Å². The molecule has 2 heterocycles. The Bertz CT molecular complexity index is 1150. The third-order valence-corrected chi connectivity index (χ3v) is 7.02. The van der Waals surface area contributed by atoms with Gasteiger partial charge in [-0.05, 0) is 29.8 Å². The van der Waals surface area contributed by atoms with E-state index in [-0.39, 0.29) is 12.2 Å². The summed E-state index contributed by atoms with van der Waals surface area (Å²) in [5, 5.41) is 4.40. The Hall–Kier alpha value is -2.90. The van der Waals surface area contributed by atoms with Crippen LogP contribution >= 0.6 is 0 Å². The molecule has 160 valence electrons. The molecule has 3 aromatic rings. The molecule has 31 heavy (non-hydrogen) atoms. The van der Waals surface area contributed by atoms with Crippen LogP contribution in [0.1, 0.15) is 16.7 Å². The molecule has 4 rings (SSSR count). The number of aromatic nitrogens is 3. The number of ether oxygens (including phenoxy) is 1. The standard InChI is InChI=1S/C24H26FN3O2Si/c1-31(2,3)11-10-30-16-28-15-18(14-27-28)24-20-13-21(19-6-4-5-7-22(19)25)23(29)12-17(20)8-9-26-24/h4-9,13-15H,10-12,16H2,1-3H3. The molecule has 0 unspecified atom stereocenters. The molecule has 0 spiro atoms. The number of Topliss-reactive ketones (excluding diaryl/α,β-unsaturated/α-hetero) is 1. The summed E-state index contributed by atoms with van der Waals surface area (Å²) in [7, 11) is -1.13. The Kier molecular flexibility index (Phi) is 5.98. The van der Waals surface area contributed by atoms with E-state index in [0.717, 1.165) is 35.0 Å². The smallest absolute Gasteiger partial charge is 0.167 e. The molecule has 1 aliphatic rings. The lowest BCUT2D eigenvalue weighted by molar-refractivity contribution is -0.113. The van der Waals surface area contributed by atoms with Gasteiger partial charge in [0.05, 0.1) is 11.9 Å². The van der Waals surface area contributed by atoms with Gasteiger partial charge in [0.25, 0.3) is 0 Å². The van der Waals surface area contributed by atoms with Crippen LogP contribution in [0.2, 0.25) is 25.7 Å². The van der Waals surface area contributed by atoms with Gasteiger partial charge in [-0.1, -0.05) is 37.8 Å². The van der Waals surface area contributed by atoms with Crippen LogP contribution in [0.25, 0.3) is 22.9 Å². The predicted molar refractivity (Wildman–Crippen MR) is 123 cm³/mol. The van der Waals surface area contributed by atoms with Gasteiger partial charge in [-0.15, -0.1) is 0 Å². The van der Waals surface area contributed by atoms with Crippen LogP contribution in [0.3, 0.4) is 0 Å². The Balaban J connectivity index is 1.61. The van der Waals surface area contributed by atoms with Crippen molar-refractivity contribution in [1.82, 2.24) is 14.8 Å². The highest BCUT2D eigenvalue weighted by molar-refractivity contribution is 6.76. The molecule has 0 N–H and O–H groups in total. The molecule has 1 aliphatic carbocycles. The molecule has 0 bridgehead atoms. The number of carbonyl (C=O) groups is 1. The minimum atomic E-state index is -1.13. The Labute approximate surface area is 182 Å². The first kappa shape index (κ1) is 21.3. The van der Waals surface area contributed by atoms with Gasteiger partial charge in [-0.3, -0.25) is 9.78 Å².